The highest BCUT2D eigenvalue weighted by molar-refractivity contribution is 5.85. The standard InChI is InChI=1S/C14H20FNO2/c1-9(2)6-12(16)13(17)8-10-4-5-14(18-3)11(15)7-10/h4-5,7,9,12H,6,8,16H2,1-3H3. The molecule has 4 heteroatoms. The second-order valence-electron chi connectivity index (χ2n) is 4.85. The summed E-state index contributed by atoms with van der Waals surface area (Å²) in [5, 5.41) is 0. The number of ketones is 1. The lowest BCUT2D eigenvalue weighted by atomic mass is 9.97. The minimum absolute atomic E-state index is 0.0618. The molecule has 1 rings (SSSR count). The molecule has 0 spiro atoms. The number of carbonyl (C=O) groups excluding carboxylic acids is 1. The highest BCUT2D eigenvalue weighted by Gasteiger charge is 2.16. The minimum Gasteiger partial charge on any atom is -0.494 e. The Hall–Kier alpha value is -1.42. The third-order valence-corrected chi connectivity index (χ3v) is 2.73. The maximum absolute atomic E-state index is 13.4. The predicted octanol–water partition coefficient (Wildman–Crippen LogP) is 2.32. The first-order valence-corrected chi connectivity index (χ1v) is 6.04. The molecule has 3 nitrogen and oxygen atoms in total. The van der Waals surface area contributed by atoms with E-state index in [0.29, 0.717) is 17.9 Å². The number of hydrogen-bond donors (Lipinski definition) is 1. The monoisotopic (exact) mass is 253 g/mol. The van der Waals surface area contributed by atoms with E-state index in [1.54, 1.807) is 6.07 Å². The molecule has 1 atom stereocenters. The lowest BCUT2D eigenvalue weighted by molar-refractivity contribution is -0.120. The summed E-state index contributed by atoms with van der Waals surface area (Å²) in [7, 11) is 1.40. The topological polar surface area (TPSA) is 52.3 Å². The van der Waals surface area contributed by atoms with E-state index in [-0.39, 0.29) is 18.0 Å². The maximum Gasteiger partial charge on any atom is 0.165 e. The normalized spacial score (nSPS) is 12.6. The van der Waals surface area contributed by atoms with Gasteiger partial charge in [-0.05, 0) is 30.0 Å². The molecule has 0 saturated carbocycles. The first kappa shape index (κ1) is 14.6. The van der Waals surface area contributed by atoms with Crippen LogP contribution in [-0.4, -0.2) is 18.9 Å². The van der Waals surface area contributed by atoms with Crippen LogP contribution in [0.1, 0.15) is 25.8 Å². The van der Waals surface area contributed by atoms with Gasteiger partial charge in [0.2, 0.25) is 0 Å². The van der Waals surface area contributed by atoms with Gasteiger partial charge >= 0.3 is 0 Å². The van der Waals surface area contributed by atoms with E-state index in [1.807, 2.05) is 13.8 Å². The van der Waals surface area contributed by atoms with Crippen LogP contribution in [0.4, 0.5) is 4.39 Å². The number of Topliss-reactive ketones (excluding diaryl/α,β-unsaturated/α-hetero) is 1. The van der Waals surface area contributed by atoms with Crippen LogP contribution in [0.3, 0.4) is 0 Å². The molecule has 18 heavy (non-hydrogen) atoms. The minimum atomic E-state index is -0.477. The van der Waals surface area contributed by atoms with Gasteiger partial charge in [-0.3, -0.25) is 4.79 Å². The molecule has 0 radical (unpaired) electrons. The Morgan fingerprint density at radius 1 is 1.44 bits per heavy atom. The molecule has 100 valence electrons. The fraction of sp³-hybridized carbons (Fsp3) is 0.500. The molecule has 0 saturated heterocycles. The molecular formula is C14H20FNO2. The lowest BCUT2D eigenvalue weighted by Crippen LogP contribution is -2.33. The zero-order valence-corrected chi connectivity index (χ0v) is 11.1. The van der Waals surface area contributed by atoms with Crippen molar-refractivity contribution < 1.29 is 13.9 Å². The molecule has 1 aromatic carbocycles. The zero-order chi connectivity index (χ0) is 13.7. The van der Waals surface area contributed by atoms with Crippen molar-refractivity contribution in [1.29, 1.82) is 0 Å². The highest BCUT2D eigenvalue weighted by atomic mass is 19.1. The number of halogens is 1. The van der Waals surface area contributed by atoms with Gasteiger partial charge in [-0.2, -0.15) is 0 Å². The number of ether oxygens (including phenoxy) is 1. The van der Waals surface area contributed by atoms with Gasteiger partial charge in [0.05, 0.1) is 13.2 Å². The summed E-state index contributed by atoms with van der Waals surface area (Å²) in [6.45, 7) is 4.03. The van der Waals surface area contributed by atoms with E-state index in [2.05, 4.69) is 0 Å². The first-order chi connectivity index (χ1) is 8.43. The largest absolute Gasteiger partial charge is 0.494 e. The van der Waals surface area contributed by atoms with Crippen LogP contribution in [0.25, 0.3) is 0 Å². The smallest absolute Gasteiger partial charge is 0.165 e. The Bertz CT molecular complexity index is 418. The van der Waals surface area contributed by atoms with Crippen molar-refractivity contribution in [2.45, 2.75) is 32.7 Å². The second-order valence-corrected chi connectivity index (χ2v) is 4.85. The summed E-state index contributed by atoms with van der Waals surface area (Å²) in [5.41, 5.74) is 6.41. The van der Waals surface area contributed by atoms with Crippen LogP contribution >= 0.6 is 0 Å². The predicted molar refractivity (Wildman–Crippen MR) is 69.1 cm³/mol. The van der Waals surface area contributed by atoms with E-state index >= 15 is 0 Å². The molecule has 0 aromatic heterocycles. The van der Waals surface area contributed by atoms with E-state index in [9.17, 15) is 9.18 Å². The molecule has 1 unspecified atom stereocenters. The number of methoxy groups -OCH3 is 1. The van der Waals surface area contributed by atoms with Crippen LogP contribution in [0.2, 0.25) is 0 Å². The van der Waals surface area contributed by atoms with Gasteiger partial charge in [0.15, 0.2) is 17.3 Å². The zero-order valence-electron chi connectivity index (χ0n) is 11.1. The molecule has 0 heterocycles. The van der Waals surface area contributed by atoms with Crippen LogP contribution in [-0.2, 0) is 11.2 Å². The number of nitrogens with two attached hydrogens (primary N) is 1. The SMILES string of the molecule is COc1ccc(CC(=O)C(N)CC(C)C)cc1F. The lowest BCUT2D eigenvalue weighted by Gasteiger charge is -2.13. The second kappa shape index (κ2) is 6.50. The van der Waals surface area contributed by atoms with Gasteiger partial charge in [-0.15, -0.1) is 0 Å². The van der Waals surface area contributed by atoms with Gasteiger partial charge in [-0.1, -0.05) is 19.9 Å². The molecule has 1 aromatic rings. The Labute approximate surface area is 107 Å². The third-order valence-electron chi connectivity index (χ3n) is 2.73. The molecule has 0 aliphatic carbocycles. The maximum atomic E-state index is 13.4. The average Bonchev–Trinajstić information content (AvgIpc) is 2.28. The van der Waals surface area contributed by atoms with Crippen molar-refractivity contribution in [3.05, 3.63) is 29.6 Å². The Balaban J connectivity index is 2.67. The van der Waals surface area contributed by atoms with Gasteiger partial charge in [0.1, 0.15) is 0 Å². The Morgan fingerprint density at radius 3 is 2.61 bits per heavy atom. The van der Waals surface area contributed by atoms with Crippen LogP contribution in [0, 0.1) is 11.7 Å². The van der Waals surface area contributed by atoms with Crippen LogP contribution in [0.15, 0.2) is 18.2 Å². The van der Waals surface area contributed by atoms with E-state index < -0.39 is 11.9 Å². The van der Waals surface area contributed by atoms with Crippen molar-refractivity contribution in [3.63, 3.8) is 0 Å². The van der Waals surface area contributed by atoms with Crippen molar-refractivity contribution >= 4 is 5.78 Å². The summed E-state index contributed by atoms with van der Waals surface area (Å²) < 4.78 is 18.3. The number of benzene rings is 1. The summed E-state index contributed by atoms with van der Waals surface area (Å²) >= 11 is 0. The van der Waals surface area contributed by atoms with Crippen molar-refractivity contribution in [1.82, 2.24) is 0 Å². The molecule has 0 aliphatic heterocycles. The molecule has 0 aliphatic rings. The summed E-state index contributed by atoms with van der Waals surface area (Å²) in [5.74, 6) is 0.0303. The van der Waals surface area contributed by atoms with Gasteiger partial charge in [0.25, 0.3) is 0 Å². The fourth-order valence-electron chi connectivity index (χ4n) is 1.79. The number of rotatable bonds is 6. The Morgan fingerprint density at radius 2 is 2.11 bits per heavy atom. The van der Waals surface area contributed by atoms with E-state index in [4.69, 9.17) is 10.5 Å². The van der Waals surface area contributed by atoms with Crippen LogP contribution in [0.5, 0.6) is 5.75 Å². The number of carbonyl (C=O) groups is 1. The molecule has 0 fully saturated rings. The summed E-state index contributed by atoms with van der Waals surface area (Å²) in [6, 6.07) is 4.04. The highest BCUT2D eigenvalue weighted by Crippen LogP contribution is 2.18. The van der Waals surface area contributed by atoms with Crippen molar-refractivity contribution in [2.75, 3.05) is 7.11 Å². The van der Waals surface area contributed by atoms with Crippen molar-refractivity contribution in [3.8, 4) is 5.75 Å². The molecular weight excluding hydrogens is 233 g/mol. The van der Waals surface area contributed by atoms with Gasteiger partial charge in [-0.25, -0.2) is 4.39 Å². The molecule has 0 amide bonds. The van der Waals surface area contributed by atoms with Crippen molar-refractivity contribution in [2.24, 2.45) is 11.7 Å². The van der Waals surface area contributed by atoms with Crippen LogP contribution < -0.4 is 10.5 Å². The third kappa shape index (κ3) is 4.11. The van der Waals surface area contributed by atoms with Gasteiger partial charge < -0.3 is 10.5 Å². The van der Waals surface area contributed by atoms with Gasteiger partial charge in [0, 0.05) is 6.42 Å². The number of hydrogen-bond acceptors (Lipinski definition) is 3. The van der Waals surface area contributed by atoms with E-state index in [1.165, 1.54) is 19.2 Å². The summed E-state index contributed by atoms with van der Waals surface area (Å²) in [6.07, 6.45) is 0.812. The Kier molecular flexibility index (Phi) is 5.28. The summed E-state index contributed by atoms with van der Waals surface area (Å²) in [4.78, 5) is 11.8. The van der Waals surface area contributed by atoms with E-state index in [0.717, 1.165) is 0 Å². The average molecular weight is 253 g/mol. The molecule has 2 N–H and O–H groups in total. The fourth-order valence-corrected chi connectivity index (χ4v) is 1.79. The quantitative estimate of drug-likeness (QED) is 0.846. The first-order valence-electron chi connectivity index (χ1n) is 6.04. The molecule has 0 bridgehead atoms.